The molecule has 2 atom stereocenters. The Morgan fingerprint density at radius 2 is 1.80 bits per heavy atom. The van der Waals surface area contributed by atoms with Gasteiger partial charge < -0.3 is 9.84 Å². The first-order valence-corrected chi connectivity index (χ1v) is 3.89. The minimum Gasteiger partial charge on any atom is -0.391 e. The maximum atomic E-state index is 9.19. The SMILES string of the molecule is CCO[C@H](C(C)C)[C@@H](C)O. The minimum absolute atomic E-state index is 0.00926. The third-order valence-electron chi connectivity index (χ3n) is 1.49. The van der Waals surface area contributed by atoms with Crippen LogP contribution in [-0.2, 0) is 4.74 Å². The van der Waals surface area contributed by atoms with Crippen LogP contribution in [0.5, 0.6) is 0 Å². The van der Waals surface area contributed by atoms with E-state index in [1.54, 1.807) is 6.92 Å². The van der Waals surface area contributed by atoms with E-state index < -0.39 is 0 Å². The second kappa shape index (κ2) is 4.69. The van der Waals surface area contributed by atoms with Crippen LogP contribution in [0.2, 0.25) is 0 Å². The quantitative estimate of drug-likeness (QED) is 0.650. The summed E-state index contributed by atoms with van der Waals surface area (Å²) in [6.45, 7) is 8.48. The van der Waals surface area contributed by atoms with E-state index in [1.807, 2.05) is 20.8 Å². The Morgan fingerprint density at radius 1 is 1.30 bits per heavy atom. The molecule has 0 fully saturated rings. The van der Waals surface area contributed by atoms with Crippen molar-refractivity contribution >= 4 is 0 Å². The maximum absolute atomic E-state index is 9.19. The summed E-state index contributed by atoms with van der Waals surface area (Å²) in [6.07, 6.45) is -0.370. The lowest BCUT2D eigenvalue weighted by Crippen LogP contribution is -2.31. The zero-order valence-electron chi connectivity index (χ0n) is 7.29. The van der Waals surface area contributed by atoms with Crippen molar-refractivity contribution < 1.29 is 9.84 Å². The zero-order chi connectivity index (χ0) is 8.15. The van der Waals surface area contributed by atoms with Crippen molar-refractivity contribution in [3.63, 3.8) is 0 Å². The Hall–Kier alpha value is -0.0800. The second-order valence-corrected chi connectivity index (χ2v) is 2.90. The van der Waals surface area contributed by atoms with E-state index in [9.17, 15) is 5.11 Å². The van der Waals surface area contributed by atoms with E-state index in [0.717, 1.165) is 0 Å². The Morgan fingerprint density at radius 3 is 1.90 bits per heavy atom. The van der Waals surface area contributed by atoms with Gasteiger partial charge in [0.05, 0.1) is 12.2 Å². The monoisotopic (exact) mass is 146 g/mol. The molecular formula is C8H18O2. The van der Waals surface area contributed by atoms with Gasteiger partial charge in [-0.15, -0.1) is 0 Å². The van der Waals surface area contributed by atoms with Crippen molar-refractivity contribution in [2.24, 2.45) is 5.92 Å². The summed E-state index contributed by atoms with van der Waals surface area (Å²) in [5.74, 6) is 0.389. The predicted octanol–water partition coefficient (Wildman–Crippen LogP) is 1.43. The normalized spacial score (nSPS) is 17.4. The molecule has 0 unspecified atom stereocenters. The number of rotatable bonds is 4. The molecular weight excluding hydrogens is 128 g/mol. The summed E-state index contributed by atoms with van der Waals surface area (Å²) >= 11 is 0. The Labute approximate surface area is 63.2 Å². The smallest absolute Gasteiger partial charge is 0.0853 e. The maximum Gasteiger partial charge on any atom is 0.0853 e. The largest absolute Gasteiger partial charge is 0.391 e. The highest BCUT2D eigenvalue weighted by atomic mass is 16.5. The predicted molar refractivity (Wildman–Crippen MR) is 41.9 cm³/mol. The van der Waals surface area contributed by atoms with E-state index in [2.05, 4.69) is 0 Å². The minimum atomic E-state index is -0.361. The first kappa shape index (κ1) is 9.92. The van der Waals surface area contributed by atoms with E-state index in [0.29, 0.717) is 12.5 Å². The van der Waals surface area contributed by atoms with Gasteiger partial charge in [-0.05, 0) is 19.8 Å². The Balaban J connectivity index is 3.73. The van der Waals surface area contributed by atoms with Crippen LogP contribution in [0.1, 0.15) is 27.7 Å². The molecule has 0 rings (SSSR count). The van der Waals surface area contributed by atoms with Gasteiger partial charge >= 0.3 is 0 Å². The fraction of sp³-hybridized carbons (Fsp3) is 1.00. The summed E-state index contributed by atoms with van der Waals surface area (Å²) in [6, 6.07) is 0. The lowest BCUT2D eigenvalue weighted by Gasteiger charge is -2.23. The Kier molecular flexibility index (Phi) is 4.65. The highest BCUT2D eigenvalue weighted by Gasteiger charge is 2.18. The van der Waals surface area contributed by atoms with Crippen LogP contribution in [0.3, 0.4) is 0 Å². The van der Waals surface area contributed by atoms with Crippen molar-refractivity contribution in [3.05, 3.63) is 0 Å². The summed E-state index contributed by atoms with van der Waals surface area (Å²) < 4.78 is 5.31. The fourth-order valence-electron chi connectivity index (χ4n) is 1.08. The summed E-state index contributed by atoms with van der Waals surface area (Å²) in [5, 5.41) is 9.19. The molecule has 2 nitrogen and oxygen atoms in total. The van der Waals surface area contributed by atoms with Crippen LogP contribution >= 0.6 is 0 Å². The molecule has 0 aliphatic heterocycles. The lowest BCUT2D eigenvalue weighted by atomic mass is 10.0. The Bertz CT molecular complexity index is 71.3. The molecule has 10 heavy (non-hydrogen) atoms. The summed E-state index contributed by atoms with van der Waals surface area (Å²) in [7, 11) is 0. The van der Waals surface area contributed by atoms with Crippen LogP contribution in [0.25, 0.3) is 0 Å². The molecule has 0 aromatic carbocycles. The molecule has 0 amide bonds. The molecule has 62 valence electrons. The number of ether oxygens (including phenoxy) is 1. The van der Waals surface area contributed by atoms with Gasteiger partial charge in [0.15, 0.2) is 0 Å². The van der Waals surface area contributed by atoms with Crippen molar-refractivity contribution in [2.45, 2.75) is 39.9 Å². The second-order valence-electron chi connectivity index (χ2n) is 2.90. The van der Waals surface area contributed by atoms with Crippen molar-refractivity contribution in [1.29, 1.82) is 0 Å². The molecule has 0 aliphatic carbocycles. The van der Waals surface area contributed by atoms with Crippen LogP contribution in [-0.4, -0.2) is 23.9 Å². The van der Waals surface area contributed by atoms with Gasteiger partial charge in [0.1, 0.15) is 0 Å². The van der Waals surface area contributed by atoms with E-state index in [4.69, 9.17) is 4.74 Å². The van der Waals surface area contributed by atoms with E-state index >= 15 is 0 Å². The average Bonchev–Trinajstić information content (AvgIpc) is 1.81. The average molecular weight is 146 g/mol. The molecule has 0 aromatic heterocycles. The van der Waals surface area contributed by atoms with Gasteiger partial charge in [0.2, 0.25) is 0 Å². The summed E-state index contributed by atoms with van der Waals surface area (Å²) in [5.41, 5.74) is 0. The van der Waals surface area contributed by atoms with Crippen molar-refractivity contribution in [3.8, 4) is 0 Å². The molecule has 0 aromatic rings. The first-order valence-electron chi connectivity index (χ1n) is 3.89. The molecule has 0 bridgehead atoms. The molecule has 0 saturated carbocycles. The topological polar surface area (TPSA) is 29.5 Å². The van der Waals surface area contributed by atoms with Gasteiger partial charge in [0.25, 0.3) is 0 Å². The van der Waals surface area contributed by atoms with Crippen LogP contribution in [0.4, 0.5) is 0 Å². The highest BCUT2D eigenvalue weighted by Crippen LogP contribution is 2.10. The number of aliphatic hydroxyl groups excluding tert-OH is 1. The third kappa shape index (κ3) is 3.18. The van der Waals surface area contributed by atoms with Crippen molar-refractivity contribution in [2.75, 3.05) is 6.61 Å². The van der Waals surface area contributed by atoms with Crippen LogP contribution < -0.4 is 0 Å². The number of hydrogen-bond donors (Lipinski definition) is 1. The van der Waals surface area contributed by atoms with Gasteiger partial charge in [-0.25, -0.2) is 0 Å². The van der Waals surface area contributed by atoms with Gasteiger partial charge in [0, 0.05) is 6.61 Å². The molecule has 1 N–H and O–H groups in total. The number of aliphatic hydroxyl groups is 1. The lowest BCUT2D eigenvalue weighted by molar-refractivity contribution is -0.0489. The van der Waals surface area contributed by atoms with Gasteiger partial charge in [-0.2, -0.15) is 0 Å². The molecule has 0 spiro atoms. The van der Waals surface area contributed by atoms with Gasteiger partial charge in [-0.1, -0.05) is 13.8 Å². The highest BCUT2D eigenvalue weighted by molar-refractivity contribution is 4.67. The molecule has 0 saturated heterocycles. The molecule has 0 aliphatic rings. The first-order chi connectivity index (χ1) is 4.59. The molecule has 0 radical (unpaired) electrons. The van der Waals surface area contributed by atoms with Crippen LogP contribution in [0, 0.1) is 5.92 Å². The molecule has 2 heteroatoms. The van der Waals surface area contributed by atoms with Gasteiger partial charge in [-0.3, -0.25) is 0 Å². The number of hydrogen-bond acceptors (Lipinski definition) is 2. The molecule has 0 heterocycles. The van der Waals surface area contributed by atoms with Crippen LogP contribution in [0.15, 0.2) is 0 Å². The standard InChI is InChI=1S/C8H18O2/c1-5-10-8(6(2)3)7(4)9/h6-9H,5H2,1-4H3/t7-,8-/m1/s1. The van der Waals surface area contributed by atoms with E-state index in [1.165, 1.54) is 0 Å². The summed E-state index contributed by atoms with van der Waals surface area (Å²) in [4.78, 5) is 0. The third-order valence-corrected chi connectivity index (χ3v) is 1.49. The zero-order valence-corrected chi connectivity index (χ0v) is 7.29. The fourth-order valence-corrected chi connectivity index (χ4v) is 1.08. The van der Waals surface area contributed by atoms with E-state index in [-0.39, 0.29) is 12.2 Å². The van der Waals surface area contributed by atoms with Crippen molar-refractivity contribution in [1.82, 2.24) is 0 Å².